The molecule has 1 heterocycles. The Morgan fingerprint density at radius 1 is 0.972 bits per heavy atom. The van der Waals surface area contributed by atoms with Gasteiger partial charge in [-0.15, -0.1) is 0 Å². The van der Waals surface area contributed by atoms with E-state index in [-0.39, 0.29) is 18.9 Å². The number of rotatable bonds is 6. The summed E-state index contributed by atoms with van der Waals surface area (Å²) < 4.78 is 13.8. The monoisotopic (exact) mass is 526 g/mol. The molecule has 36 heavy (non-hydrogen) atoms. The quantitative estimate of drug-likeness (QED) is 0.163. The zero-order valence-corrected chi connectivity index (χ0v) is 22.6. The van der Waals surface area contributed by atoms with Crippen molar-refractivity contribution in [1.29, 1.82) is 0 Å². The SMILES string of the molecule is COSN(N)c1ccc2cc(-c3cc(-n4ccc(=O)[nH]c4=O)cc(C(C)(C)C)c3OC)ccc2c1.S. The summed E-state index contributed by atoms with van der Waals surface area (Å²) in [5, 5.41) is 2.04. The highest BCUT2D eigenvalue weighted by atomic mass is 32.2. The molecule has 0 aliphatic heterocycles. The highest BCUT2D eigenvalue weighted by Gasteiger charge is 2.24. The standard InChI is InChI=1S/C26H28N4O4S.H2S/c1-26(2,3)22-15-20(29-11-10-23(31)28-25(29)32)14-21(24(22)33-4)18-7-6-17-13-19(30(27)35-34-5)9-8-16(17)12-18;/h6-15H,27H2,1-5H3,(H,28,31,32);1H2. The number of H-pyrrole nitrogens is 1. The average Bonchev–Trinajstić information content (AvgIpc) is 2.82. The third kappa shape index (κ3) is 5.46. The van der Waals surface area contributed by atoms with Crippen LogP contribution in [0.1, 0.15) is 26.3 Å². The first-order chi connectivity index (χ1) is 16.6. The van der Waals surface area contributed by atoms with Crippen LogP contribution in [0.4, 0.5) is 5.69 Å². The van der Waals surface area contributed by atoms with Crippen LogP contribution in [-0.4, -0.2) is 23.8 Å². The van der Waals surface area contributed by atoms with Crippen molar-refractivity contribution in [3.63, 3.8) is 0 Å². The lowest BCUT2D eigenvalue weighted by molar-refractivity contribution is 0.399. The van der Waals surface area contributed by atoms with Crippen LogP contribution < -0.4 is 26.2 Å². The summed E-state index contributed by atoms with van der Waals surface area (Å²) >= 11 is 1.05. The van der Waals surface area contributed by atoms with Crippen LogP contribution in [0.25, 0.3) is 27.6 Å². The second-order valence-electron chi connectivity index (χ2n) is 9.12. The lowest BCUT2D eigenvalue weighted by Gasteiger charge is -2.26. The number of anilines is 1. The Labute approximate surface area is 220 Å². The number of benzene rings is 3. The van der Waals surface area contributed by atoms with Crippen LogP contribution in [0.2, 0.25) is 0 Å². The van der Waals surface area contributed by atoms with E-state index in [0.29, 0.717) is 5.69 Å². The summed E-state index contributed by atoms with van der Waals surface area (Å²) in [5.41, 5.74) is 2.96. The van der Waals surface area contributed by atoms with Crippen molar-refractivity contribution < 1.29 is 8.92 Å². The molecule has 190 valence electrons. The van der Waals surface area contributed by atoms with Crippen molar-refractivity contribution in [3.8, 4) is 22.6 Å². The van der Waals surface area contributed by atoms with Crippen molar-refractivity contribution in [1.82, 2.24) is 9.55 Å². The zero-order valence-electron chi connectivity index (χ0n) is 20.8. The van der Waals surface area contributed by atoms with Crippen LogP contribution in [0.3, 0.4) is 0 Å². The van der Waals surface area contributed by atoms with Gasteiger partial charge in [-0.05, 0) is 52.1 Å². The maximum Gasteiger partial charge on any atom is 0.332 e. The van der Waals surface area contributed by atoms with Crippen molar-refractivity contribution in [2.45, 2.75) is 26.2 Å². The fourth-order valence-electron chi connectivity index (χ4n) is 4.03. The Balaban J connectivity index is 0.00000361. The maximum atomic E-state index is 12.6. The summed E-state index contributed by atoms with van der Waals surface area (Å²) in [5.74, 6) is 6.75. The van der Waals surface area contributed by atoms with Gasteiger partial charge in [0.05, 0.1) is 25.6 Å². The number of aromatic nitrogens is 2. The van der Waals surface area contributed by atoms with Crippen LogP contribution >= 0.6 is 25.7 Å². The normalized spacial score (nSPS) is 11.3. The molecule has 3 aromatic carbocycles. The van der Waals surface area contributed by atoms with E-state index in [1.54, 1.807) is 14.2 Å². The topological polar surface area (TPSA) is 103 Å². The van der Waals surface area contributed by atoms with Gasteiger partial charge in [-0.25, -0.2) is 15.1 Å². The van der Waals surface area contributed by atoms with Crippen LogP contribution in [0.5, 0.6) is 5.75 Å². The minimum absolute atomic E-state index is 0. The molecule has 0 aliphatic carbocycles. The van der Waals surface area contributed by atoms with Gasteiger partial charge in [0.2, 0.25) is 0 Å². The molecule has 0 aliphatic rings. The Bertz CT molecular complexity index is 1510. The molecule has 0 atom stereocenters. The lowest BCUT2D eigenvalue weighted by atomic mass is 9.83. The number of nitrogens with zero attached hydrogens (tertiary/aromatic N) is 2. The van der Waals surface area contributed by atoms with Gasteiger partial charge in [-0.1, -0.05) is 39.0 Å². The molecule has 0 spiro atoms. The van der Waals surface area contributed by atoms with Gasteiger partial charge >= 0.3 is 5.69 Å². The van der Waals surface area contributed by atoms with E-state index >= 15 is 0 Å². The van der Waals surface area contributed by atoms with Crippen LogP contribution in [0.15, 0.2) is 70.4 Å². The number of nitrogens with two attached hydrogens (primary N) is 1. The molecule has 10 heteroatoms. The van der Waals surface area contributed by atoms with Gasteiger partial charge in [0.15, 0.2) is 0 Å². The summed E-state index contributed by atoms with van der Waals surface area (Å²) in [4.78, 5) is 26.5. The molecule has 0 saturated carbocycles. The Kier molecular flexibility index (Phi) is 8.25. The van der Waals surface area contributed by atoms with E-state index in [9.17, 15) is 9.59 Å². The first-order valence-electron chi connectivity index (χ1n) is 11.0. The third-order valence-electron chi connectivity index (χ3n) is 5.73. The van der Waals surface area contributed by atoms with Crippen LogP contribution in [0, 0.1) is 0 Å². The summed E-state index contributed by atoms with van der Waals surface area (Å²) in [7, 11) is 3.21. The maximum absolute atomic E-state index is 12.6. The number of fused-ring (bicyclic) bond motifs is 1. The first-order valence-corrected chi connectivity index (χ1v) is 11.7. The number of ether oxygens (including phenoxy) is 1. The molecule has 0 saturated heterocycles. The van der Waals surface area contributed by atoms with E-state index in [4.69, 9.17) is 14.8 Å². The number of nitrogens with one attached hydrogen (secondary N) is 1. The number of hydrogen-bond acceptors (Lipinski definition) is 7. The minimum Gasteiger partial charge on any atom is -0.496 e. The van der Waals surface area contributed by atoms with Crippen molar-refractivity contribution in [3.05, 3.63) is 87.2 Å². The Morgan fingerprint density at radius 2 is 1.67 bits per heavy atom. The lowest BCUT2D eigenvalue weighted by Crippen LogP contribution is -2.27. The first kappa shape index (κ1) is 27.4. The van der Waals surface area contributed by atoms with Crippen molar-refractivity contribution >= 4 is 42.2 Å². The second kappa shape index (κ2) is 10.8. The van der Waals surface area contributed by atoms with E-state index in [1.165, 1.54) is 21.2 Å². The number of aromatic amines is 1. The third-order valence-corrected chi connectivity index (χ3v) is 6.25. The summed E-state index contributed by atoms with van der Waals surface area (Å²) in [6.45, 7) is 6.27. The van der Waals surface area contributed by atoms with Crippen LogP contribution in [-0.2, 0) is 9.60 Å². The number of hydrazine groups is 1. The second-order valence-corrected chi connectivity index (χ2v) is 9.99. The van der Waals surface area contributed by atoms with Crippen molar-refractivity contribution in [2.24, 2.45) is 5.84 Å². The van der Waals surface area contributed by atoms with E-state index in [1.807, 2.05) is 42.5 Å². The minimum atomic E-state index is -0.500. The molecule has 3 N–H and O–H groups in total. The molecule has 0 fully saturated rings. The summed E-state index contributed by atoms with van der Waals surface area (Å²) in [6, 6.07) is 17.2. The average molecular weight is 527 g/mol. The Morgan fingerprint density at radius 3 is 2.31 bits per heavy atom. The molecular weight excluding hydrogens is 496 g/mol. The van der Waals surface area contributed by atoms with Crippen molar-refractivity contribution in [2.75, 3.05) is 18.6 Å². The van der Waals surface area contributed by atoms with E-state index in [2.05, 4.69) is 31.8 Å². The van der Waals surface area contributed by atoms with Gasteiger partial charge in [-0.2, -0.15) is 13.5 Å². The predicted molar refractivity (Wildman–Crippen MR) is 153 cm³/mol. The zero-order chi connectivity index (χ0) is 25.3. The van der Waals surface area contributed by atoms with Gasteiger partial charge in [-0.3, -0.25) is 18.5 Å². The highest BCUT2D eigenvalue weighted by molar-refractivity contribution is 7.95. The molecule has 4 rings (SSSR count). The molecule has 1 aromatic heterocycles. The number of methoxy groups -OCH3 is 1. The van der Waals surface area contributed by atoms with E-state index in [0.717, 1.165) is 51.1 Å². The van der Waals surface area contributed by atoms with Gasteiger partial charge in [0.25, 0.3) is 5.56 Å². The predicted octanol–water partition coefficient (Wildman–Crippen LogP) is 4.65. The van der Waals surface area contributed by atoms with Gasteiger partial charge in [0, 0.05) is 23.4 Å². The largest absolute Gasteiger partial charge is 0.496 e. The van der Waals surface area contributed by atoms with E-state index < -0.39 is 11.2 Å². The molecule has 0 bridgehead atoms. The molecule has 0 radical (unpaired) electrons. The fourth-order valence-corrected chi connectivity index (χ4v) is 4.39. The molecule has 0 unspecified atom stereocenters. The summed E-state index contributed by atoms with van der Waals surface area (Å²) in [6.07, 6.45) is 1.48. The highest BCUT2D eigenvalue weighted by Crippen LogP contribution is 2.42. The molecule has 4 aromatic rings. The smallest absolute Gasteiger partial charge is 0.332 e. The Hall–Kier alpha value is -3.18. The number of hydrogen-bond donors (Lipinski definition) is 2. The molecule has 8 nitrogen and oxygen atoms in total. The molecular formula is C26H30N4O4S2. The van der Waals surface area contributed by atoms with Gasteiger partial charge in [0.1, 0.15) is 18.0 Å². The van der Waals surface area contributed by atoms with Gasteiger partial charge < -0.3 is 4.74 Å². The molecule has 0 amide bonds. The fraction of sp³-hybridized carbons (Fsp3) is 0.231.